The Morgan fingerprint density at radius 2 is 2.00 bits per heavy atom. The maximum atomic E-state index is 12.0. The molecular formula is C14H15N3O3. The highest BCUT2D eigenvalue weighted by Crippen LogP contribution is 2.10. The molecule has 0 fully saturated rings. The molecule has 0 bridgehead atoms. The Hall–Kier alpha value is -2.63. The van der Waals surface area contributed by atoms with Crippen molar-refractivity contribution in [1.82, 2.24) is 9.55 Å². The quantitative estimate of drug-likeness (QED) is 0.863. The average molecular weight is 273 g/mol. The first-order valence-electron chi connectivity index (χ1n) is 6.18. The Bertz CT molecular complexity index is 620. The van der Waals surface area contributed by atoms with E-state index in [2.05, 4.69) is 10.3 Å². The van der Waals surface area contributed by atoms with Crippen molar-refractivity contribution in [3.05, 3.63) is 47.9 Å². The number of anilines is 1. The predicted octanol–water partition coefficient (Wildman–Crippen LogP) is 1.85. The Balaban J connectivity index is 2.13. The zero-order valence-corrected chi connectivity index (χ0v) is 11.3. The average Bonchev–Trinajstić information content (AvgIpc) is 2.81. The van der Waals surface area contributed by atoms with Crippen LogP contribution in [0.3, 0.4) is 0 Å². The maximum Gasteiger partial charge on any atom is 0.374 e. The molecule has 1 heterocycles. The number of nitrogens with zero attached hydrogens (tertiary/aromatic N) is 2. The molecule has 6 heteroatoms. The summed E-state index contributed by atoms with van der Waals surface area (Å²) in [6.07, 6.45) is 1.56. The molecule has 0 atom stereocenters. The predicted molar refractivity (Wildman–Crippen MR) is 73.6 cm³/mol. The second-order valence-electron chi connectivity index (χ2n) is 4.10. The molecule has 1 N–H and O–H groups in total. The minimum Gasteiger partial charge on any atom is -0.460 e. The van der Waals surface area contributed by atoms with Gasteiger partial charge in [0, 0.05) is 18.8 Å². The lowest BCUT2D eigenvalue weighted by molar-refractivity contribution is 0.0508. The molecule has 1 aromatic heterocycles. The lowest BCUT2D eigenvalue weighted by atomic mass is 10.2. The number of benzene rings is 1. The van der Waals surface area contributed by atoms with Gasteiger partial charge in [0.25, 0.3) is 5.91 Å². The molecule has 0 saturated carbocycles. The zero-order chi connectivity index (χ0) is 14.5. The summed E-state index contributed by atoms with van der Waals surface area (Å²) in [5.74, 6) is -0.339. The topological polar surface area (TPSA) is 73.2 Å². The fourth-order valence-corrected chi connectivity index (χ4v) is 1.69. The van der Waals surface area contributed by atoms with E-state index in [0.717, 1.165) is 0 Å². The number of carbonyl (C=O) groups excluding carboxylic acids is 2. The number of esters is 1. The van der Waals surface area contributed by atoms with E-state index in [1.165, 1.54) is 4.57 Å². The molecule has 2 rings (SSSR count). The van der Waals surface area contributed by atoms with E-state index in [0.29, 0.717) is 11.4 Å². The van der Waals surface area contributed by atoms with Crippen LogP contribution in [-0.2, 0) is 11.8 Å². The van der Waals surface area contributed by atoms with E-state index in [1.807, 2.05) is 6.07 Å². The van der Waals surface area contributed by atoms with E-state index >= 15 is 0 Å². The van der Waals surface area contributed by atoms with Crippen molar-refractivity contribution in [2.24, 2.45) is 7.05 Å². The van der Waals surface area contributed by atoms with Gasteiger partial charge in [0.05, 0.1) is 6.61 Å². The number of aryl methyl sites for hydroxylation is 1. The van der Waals surface area contributed by atoms with Crippen LogP contribution in [0.15, 0.2) is 36.5 Å². The van der Waals surface area contributed by atoms with Crippen LogP contribution in [0, 0.1) is 0 Å². The normalized spacial score (nSPS) is 10.1. The van der Waals surface area contributed by atoms with Gasteiger partial charge in [-0.25, -0.2) is 9.78 Å². The maximum absolute atomic E-state index is 12.0. The summed E-state index contributed by atoms with van der Waals surface area (Å²) in [7, 11) is 1.66. The van der Waals surface area contributed by atoms with Crippen LogP contribution in [0.2, 0.25) is 0 Å². The van der Waals surface area contributed by atoms with Crippen molar-refractivity contribution in [3.63, 3.8) is 0 Å². The Labute approximate surface area is 116 Å². The van der Waals surface area contributed by atoms with E-state index in [-0.39, 0.29) is 18.3 Å². The van der Waals surface area contributed by atoms with E-state index in [4.69, 9.17) is 4.74 Å². The fraction of sp³-hybridized carbons (Fsp3) is 0.214. The first-order chi connectivity index (χ1) is 9.61. The van der Waals surface area contributed by atoms with Crippen LogP contribution >= 0.6 is 0 Å². The number of nitrogens with one attached hydrogen (secondary N) is 1. The van der Waals surface area contributed by atoms with Gasteiger partial charge in [-0.2, -0.15) is 0 Å². The molecule has 104 valence electrons. The van der Waals surface area contributed by atoms with Gasteiger partial charge >= 0.3 is 5.97 Å². The Morgan fingerprint density at radius 1 is 1.30 bits per heavy atom. The molecule has 0 saturated heterocycles. The van der Waals surface area contributed by atoms with Gasteiger partial charge in [0.15, 0.2) is 5.82 Å². The SMILES string of the molecule is CCOC(=O)c1nc(NC(=O)c2ccccc2)cn1C. The van der Waals surface area contributed by atoms with Crippen molar-refractivity contribution in [2.75, 3.05) is 11.9 Å². The highest BCUT2D eigenvalue weighted by atomic mass is 16.5. The van der Waals surface area contributed by atoms with Crippen LogP contribution in [0.4, 0.5) is 5.82 Å². The van der Waals surface area contributed by atoms with Gasteiger partial charge in [0.1, 0.15) is 0 Å². The molecule has 2 aromatic rings. The molecular weight excluding hydrogens is 258 g/mol. The van der Waals surface area contributed by atoms with Gasteiger partial charge in [-0.05, 0) is 19.1 Å². The fourth-order valence-electron chi connectivity index (χ4n) is 1.69. The number of hydrogen-bond donors (Lipinski definition) is 1. The third-order valence-corrected chi connectivity index (χ3v) is 2.61. The summed E-state index contributed by atoms with van der Waals surface area (Å²) in [6.45, 7) is 2.00. The van der Waals surface area contributed by atoms with Gasteiger partial charge in [-0.3, -0.25) is 4.79 Å². The summed E-state index contributed by atoms with van der Waals surface area (Å²) in [6, 6.07) is 8.78. The highest BCUT2D eigenvalue weighted by Gasteiger charge is 2.16. The van der Waals surface area contributed by atoms with Crippen molar-refractivity contribution >= 4 is 17.7 Å². The molecule has 0 aliphatic carbocycles. The largest absolute Gasteiger partial charge is 0.460 e. The first kappa shape index (κ1) is 13.8. The summed E-state index contributed by atoms with van der Waals surface area (Å²) < 4.78 is 6.39. The van der Waals surface area contributed by atoms with Crippen molar-refractivity contribution in [3.8, 4) is 0 Å². The monoisotopic (exact) mass is 273 g/mol. The summed E-state index contributed by atoms with van der Waals surface area (Å²) in [4.78, 5) is 27.6. The van der Waals surface area contributed by atoms with Gasteiger partial charge in [-0.15, -0.1) is 0 Å². The van der Waals surface area contributed by atoms with Gasteiger partial charge in [0.2, 0.25) is 5.82 Å². The van der Waals surface area contributed by atoms with Crippen LogP contribution in [0.25, 0.3) is 0 Å². The molecule has 6 nitrogen and oxygen atoms in total. The van der Waals surface area contributed by atoms with Crippen LogP contribution in [0.5, 0.6) is 0 Å². The molecule has 0 spiro atoms. The molecule has 0 aliphatic heterocycles. The number of aromatic nitrogens is 2. The third kappa shape index (κ3) is 3.03. The van der Waals surface area contributed by atoms with Gasteiger partial charge < -0.3 is 14.6 Å². The Morgan fingerprint density at radius 3 is 2.65 bits per heavy atom. The number of imidazole rings is 1. The number of carbonyl (C=O) groups is 2. The third-order valence-electron chi connectivity index (χ3n) is 2.61. The minimum atomic E-state index is -0.518. The molecule has 1 amide bonds. The second-order valence-corrected chi connectivity index (χ2v) is 4.10. The summed E-state index contributed by atoms with van der Waals surface area (Å²) in [5.41, 5.74) is 0.524. The van der Waals surface area contributed by atoms with E-state index < -0.39 is 5.97 Å². The molecule has 1 aromatic carbocycles. The molecule has 0 aliphatic rings. The second kappa shape index (κ2) is 6.01. The van der Waals surface area contributed by atoms with Crippen LogP contribution in [-0.4, -0.2) is 28.0 Å². The summed E-state index contributed by atoms with van der Waals surface area (Å²) in [5, 5.41) is 2.64. The molecule has 0 unspecified atom stereocenters. The Kier molecular flexibility index (Phi) is 4.14. The number of amides is 1. The van der Waals surface area contributed by atoms with Crippen molar-refractivity contribution < 1.29 is 14.3 Å². The van der Waals surface area contributed by atoms with Gasteiger partial charge in [-0.1, -0.05) is 18.2 Å². The van der Waals surface area contributed by atoms with Crippen LogP contribution in [0.1, 0.15) is 27.9 Å². The lowest BCUT2D eigenvalue weighted by Crippen LogP contribution is -2.13. The minimum absolute atomic E-state index is 0.148. The van der Waals surface area contributed by atoms with Crippen molar-refractivity contribution in [2.45, 2.75) is 6.92 Å². The standard InChI is InChI=1S/C14H15N3O3/c1-3-20-14(19)12-15-11(9-17(12)2)16-13(18)10-7-5-4-6-8-10/h4-9H,3H2,1-2H3,(H,16,18). The van der Waals surface area contributed by atoms with Crippen molar-refractivity contribution in [1.29, 1.82) is 0 Å². The number of ether oxygens (including phenoxy) is 1. The zero-order valence-electron chi connectivity index (χ0n) is 11.3. The number of hydrogen-bond acceptors (Lipinski definition) is 4. The van der Waals surface area contributed by atoms with Crippen LogP contribution < -0.4 is 5.32 Å². The molecule has 0 radical (unpaired) electrons. The first-order valence-corrected chi connectivity index (χ1v) is 6.18. The highest BCUT2D eigenvalue weighted by molar-refractivity contribution is 6.03. The lowest BCUT2D eigenvalue weighted by Gasteiger charge is -2.01. The van der Waals surface area contributed by atoms with E-state index in [1.54, 1.807) is 44.4 Å². The molecule has 20 heavy (non-hydrogen) atoms. The number of rotatable bonds is 4. The van der Waals surface area contributed by atoms with E-state index in [9.17, 15) is 9.59 Å². The summed E-state index contributed by atoms with van der Waals surface area (Å²) >= 11 is 0. The smallest absolute Gasteiger partial charge is 0.374 e.